The van der Waals surface area contributed by atoms with Gasteiger partial charge in [-0.25, -0.2) is 0 Å². The largest absolute Gasteiger partial charge is 0.310 e. The van der Waals surface area contributed by atoms with E-state index in [1.54, 1.807) is 0 Å². The lowest BCUT2D eigenvalue weighted by Gasteiger charge is -2.18. The van der Waals surface area contributed by atoms with Crippen LogP contribution in [0.4, 0.5) is 0 Å². The van der Waals surface area contributed by atoms with E-state index < -0.39 is 0 Å². The van der Waals surface area contributed by atoms with Gasteiger partial charge in [-0.05, 0) is 50.4 Å². The molecule has 0 saturated heterocycles. The molecule has 1 unspecified atom stereocenters. The molecule has 0 heterocycles. The van der Waals surface area contributed by atoms with Crippen LogP contribution in [0.2, 0.25) is 0 Å². The highest BCUT2D eigenvalue weighted by molar-refractivity contribution is 5.31. The van der Waals surface area contributed by atoms with Gasteiger partial charge in [0.15, 0.2) is 0 Å². The van der Waals surface area contributed by atoms with Crippen LogP contribution in [0.3, 0.4) is 0 Å². The molecule has 0 spiro atoms. The molecule has 0 radical (unpaired) electrons. The van der Waals surface area contributed by atoms with E-state index >= 15 is 0 Å². The number of hydrogen-bond acceptors (Lipinski definition) is 1. The molecule has 17 heavy (non-hydrogen) atoms. The molecule has 1 nitrogen and oxygen atoms in total. The Morgan fingerprint density at radius 2 is 2.00 bits per heavy atom. The lowest BCUT2D eigenvalue weighted by atomic mass is 9.98. The topological polar surface area (TPSA) is 12.0 Å². The van der Waals surface area contributed by atoms with Crippen molar-refractivity contribution in [2.45, 2.75) is 46.6 Å². The number of benzene rings is 1. The van der Waals surface area contributed by atoms with Crippen LogP contribution in [0.25, 0.3) is 0 Å². The number of rotatable bonds is 5. The third-order valence-electron chi connectivity index (χ3n) is 3.12. The normalized spacial score (nSPS) is 11.8. The van der Waals surface area contributed by atoms with Crippen LogP contribution in [0.5, 0.6) is 0 Å². The first-order chi connectivity index (χ1) is 8.19. The predicted molar refractivity (Wildman–Crippen MR) is 75.0 cm³/mol. The van der Waals surface area contributed by atoms with Crippen LogP contribution >= 0.6 is 0 Å². The molecule has 0 aliphatic carbocycles. The molecule has 1 aromatic carbocycles. The Labute approximate surface area is 106 Å². The highest BCUT2D eigenvalue weighted by Crippen LogP contribution is 2.21. The molecule has 1 rings (SSSR count). The Kier molecular flexibility index (Phi) is 5.80. The zero-order valence-electron chi connectivity index (χ0n) is 11.4. The van der Waals surface area contributed by atoms with Gasteiger partial charge in [-0.1, -0.05) is 25.1 Å². The minimum absolute atomic E-state index is 0.431. The zero-order chi connectivity index (χ0) is 12.7. The first kappa shape index (κ1) is 13.8. The number of nitrogens with one attached hydrogen (secondary N) is 1. The van der Waals surface area contributed by atoms with Crippen LogP contribution in [-0.4, -0.2) is 6.54 Å². The maximum absolute atomic E-state index is 3.54. The van der Waals surface area contributed by atoms with Gasteiger partial charge in [0.25, 0.3) is 0 Å². The van der Waals surface area contributed by atoms with E-state index in [4.69, 9.17) is 0 Å². The zero-order valence-corrected chi connectivity index (χ0v) is 11.4. The second kappa shape index (κ2) is 7.14. The van der Waals surface area contributed by atoms with Gasteiger partial charge < -0.3 is 5.32 Å². The van der Waals surface area contributed by atoms with Crippen molar-refractivity contribution in [3.8, 4) is 11.8 Å². The number of hydrogen-bond donors (Lipinski definition) is 1. The van der Waals surface area contributed by atoms with E-state index in [0.29, 0.717) is 6.04 Å². The van der Waals surface area contributed by atoms with Gasteiger partial charge >= 0.3 is 0 Å². The SMILES string of the molecule is CC#CCCC(NCC)c1ccc(C)c(C)c1. The fourth-order valence-electron chi connectivity index (χ4n) is 1.96. The molecule has 0 bridgehead atoms. The van der Waals surface area contributed by atoms with Crippen LogP contribution in [0.1, 0.15) is 49.4 Å². The first-order valence-corrected chi connectivity index (χ1v) is 6.39. The molecule has 0 amide bonds. The Hall–Kier alpha value is -1.26. The summed E-state index contributed by atoms with van der Waals surface area (Å²) in [6.45, 7) is 9.38. The average molecular weight is 229 g/mol. The molecule has 0 saturated carbocycles. The summed E-state index contributed by atoms with van der Waals surface area (Å²) in [5, 5.41) is 3.54. The summed E-state index contributed by atoms with van der Waals surface area (Å²) in [5.74, 6) is 6.10. The summed E-state index contributed by atoms with van der Waals surface area (Å²) in [6, 6.07) is 7.16. The minimum atomic E-state index is 0.431. The van der Waals surface area contributed by atoms with E-state index in [1.165, 1.54) is 16.7 Å². The van der Waals surface area contributed by atoms with Crippen LogP contribution in [0.15, 0.2) is 18.2 Å². The molecule has 0 aromatic heterocycles. The summed E-state index contributed by atoms with van der Waals surface area (Å²) < 4.78 is 0. The van der Waals surface area contributed by atoms with Crippen LogP contribution in [0, 0.1) is 25.7 Å². The summed E-state index contributed by atoms with van der Waals surface area (Å²) in [6.07, 6.45) is 2.04. The van der Waals surface area contributed by atoms with E-state index in [1.807, 2.05) is 6.92 Å². The van der Waals surface area contributed by atoms with Gasteiger partial charge in [-0.3, -0.25) is 0 Å². The summed E-state index contributed by atoms with van der Waals surface area (Å²) in [5.41, 5.74) is 4.11. The van der Waals surface area contributed by atoms with Gasteiger partial charge in [0, 0.05) is 12.5 Å². The van der Waals surface area contributed by atoms with Crippen LogP contribution < -0.4 is 5.32 Å². The molecule has 1 N–H and O–H groups in total. The quantitative estimate of drug-likeness (QED) is 0.758. The highest BCUT2D eigenvalue weighted by atomic mass is 14.9. The van der Waals surface area contributed by atoms with Gasteiger partial charge in [0.2, 0.25) is 0 Å². The summed E-state index contributed by atoms with van der Waals surface area (Å²) in [7, 11) is 0. The maximum atomic E-state index is 3.54. The fourth-order valence-corrected chi connectivity index (χ4v) is 1.96. The van der Waals surface area contributed by atoms with Crippen molar-refractivity contribution < 1.29 is 0 Å². The summed E-state index contributed by atoms with van der Waals surface area (Å²) >= 11 is 0. The summed E-state index contributed by atoms with van der Waals surface area (Å²) in [4.78, 5) is 0. The minimum Gasteiger partial charge on any atom is -0.310 e. The van der Waals surface area contributed by atoms with Gasteiger partial charge in [0.1, 0.15) is 0 Å². The molecule has 92 valence electrons. The first-order valence-electron chi connectivity index (χ1n) is 6.39. The smallest absolute Gasteiger partial charge is 0.0329 e. The van der Waals surface area contributed by atoms with Crippen molar-refractivity contribution in [2.24, 2.45) is 0 Å². The van der Waals surface area contributed by atoms with E-state index in [-0.39, 0.29) is 0 Å². The molecular formula is C16H23N. The van der Waals surface area contributed by atoms with E-state index in [9.17, 15) is 0 Å². The number of aryl methyl sites for hydroxylation is 2. The van der Waals surface area contributed by atoms with Crippen molar-refractivity contribution in [2.75, 3.05) is 6.54 Å². The van der Waals surface area contributed by atoms with Crippen molar-refractivity contribution >= 4 is 0 Å². The van der Waals surface area contributed by atoms with Crippen molar-refractivity contribution in [3.63, 3.8) is 0 Å². The lowest BCUT2D eigenvalue weighted by Crippen LogP contribution is -2.20. The Morgan fingerprint density at radius 1 is 1.24 bits per heavy atom. The Balaban J connectivity index is 2.79. The molecule has 1 aromatic rings. The van der Waals surface area contributed by atoms with Gasteiger partial charge in [-0.15, -0.1) is 11.8 Å². The van der Waals surface area contributed by atoms with Crippen molar-refractivity contribution in [1.29, 1.82) is 0 Å². The average Bonchev–Trinajstić information content (AvgIpc) is 2.32. The fraction of sp³-hybridized carbons (Fsp3) is 0.500. The molecule has 1 heteroatoms. The Bertz CT molecular complexity index is 409. The third-order valence-corrected chi connectivity index (χ3v) is 3.12. The maximum Gasteiger partial charge on any atom is 0.0329 e. The molecule has 0 aliphatic heterocycles. The van der Waals surface area contributed by atoms with Crippen LogP contribution in [-0.2, 0) is 0 Å². The predicted octanol–water partition coefficient (Wildman–Crippen LogP) is 3.76. The van der Waals surface area contributed by atoms with E-state index in [0.717, 1.165) is 19.4 Å². The Morgan fingerprint density at radius 3 is 2.59 bits per heavy atom. The highest BCUT2D eigenvalue weighted by Gasteiger charge is 2.09. The van der Waals surface area contributed by atoms with Gasteiger partial charge in [-0.2, -0.15) is 0 Å². The second-order valence-electron chi connectivity index (χ2n) is 4.42. The molecule has 0 fully saturated rings. The van der Waals surface area contributed by atoms with Gasteiger partial charge in [0.05, 0.1) is 0 Å². The molecular weight excluding hydrogens is 206 g/mol. The molecule has 1 atom stereocenters. The van der Waals surface area contributed by atoms with Crippen molar-refractivity contribution in [1.82, 2.24) is 5.32 Å². The monoisotopic (exact) mass is 229 g/mol. The van der Waals surface area contributed by atoms with E-state index in [2.05, 4.69) is 56.1 Å². The van der Waals surface area contributed by atoms with Crippen molar-refractivity contribution in [3.05, 3.63) is 34.9 Å². The second-order valence-corrected chi connectivity index (χ2v) is 4.42. The standard InChI is InChI=1S/C16H23N/c1-5-7-8-9-16(17-6-2)15-11-10-13(3)14(4)12-15/h10-12,16-17H,6,8-9H2,1-4H3. The lowest BCUT2D eigenvalue weighted by molar-refractivity contribution is 0.522. The third kappa shape index (κ3) is 4.24. The molecule has 0 aliphatic rings.